The first-order valence-corrected chi connectivity index (χ1v) is 10.2. The minimum Gasteiger partial charge on any atom is -0.497 e. The number of rotatable bonds is 7. The number of fused-ring (bicyclic) bond motifs is 3. The van der Waals surface area contributed by atoms with E-state index < -0.39 is 0 Å². The quantitative estimate of drug-likeness (QED) is 0.506. The molecule has 1 aliphatic heterocycles. The zero-order valence-electron chi connectivity index (χ0n) is 17.5. The Morgan fingerprint density at radius 2 is 2.19 bits per heavy atom. The number of carbonyl (C=O) groups excluding carboxylic acids is 2. The van der Waals surface area contributed by atoms with Gasteiger partial charge in [-0.2, -0.15) is 0 Å². The smallest absolute Gasteiger partial charge is 0.329 e. The van der Waals surface area contributed by atoms with Crippen LogP contribution < -0.4 is 19.9 Å². The van der Waals surface area contributed by atoms with Crippen molar-refractivity contribution in [2.45, 2.75) is 19.9 Å². The number of aromatic amines is 1. The summed E-state index contributed by atoms with van der Waals surface area (Å²) >= 11 is 0. The SMILES string of the molecule is CCN1C(=O)N(c2cc(OC)cc(C(=O)NCCCO)c2)Cc2cnc3[nH]ccc3c21. The zero-order valence-corrected chi connectivity index (χ0v) is 17.5. The van der Waals surface area contributed by atoms with Crippen molar-refractivity contribution in [1.82, 2.24) is 15.3 Å². The molecular weight excluding hydrogens is 398 g/mol. The Labute approximate surface area is 179 Å². The number of anilines is 2. The summed E-state index contributed by atoms with van der Waals surface area (Å²) in [5.74, 6) is 0.187. The van der Waals surface area contributed by atoms with Crippen LogP contribution in [0.25, 0.3) is 11.0 Å². The fourth-order valence-corrected chi connectivity index (χ4v) is 3.82. The van der Waals surface area contributed by atoms with Gasteiger partial charge in [-0.25, -0.2) is 9.78 Å². The Morgan fingerprint density at radius 1 is 1.35 bits per heavy atom. The van der Waals surface area contributed by atoms with Gasteiger partial charge < -0.3 is 20.1 Å². The molecule has 0 saturated heterocycles. The maximum Gasteiger partial charge on any atom is 0.329 e. The maximum absolute atomic E-state index is 13.4. The van der Waals surface area contributed by atoms with Gasteiger partial charge in [0.15, 0.2) is 0 Å². The Balaban J connectivity index is 1.73. The number of amides is 3. The summed E-state index contributed by atoms with van der Waals surface area (Å²) in [4.78, 5) is 36.9. The van der Waals surface area contributed by atoms with E-state index in [0.717, 1.165) is 22.3 Å². The van der Waals surface area contributed by atoms with E-state index in [0.29, 0.717) is 43.1 Å². The molecule has 3 N–H and O–H groups in total. The molecule has 31 heavy (non-hydrogen) atoms. The van der Waals surface area contributed by atoms with Gasteiger partial charge in [0.25, 0.3) is 5.91 Å². The van der Waals surface area contributed by atoms with Gasteiger partial charge in [-0.3, -0.25) is 14.6 Å². The maximum atomic E-state index is 13.4. The van der Waals surface area contributed by atoms with Crippen LogP contribution in [-0.4, -0.2) is 53.8 Å². The number of carbonyl (C=O) groups is 2. The Bertz CT molecular complexity index is 1130. The van der Waals surface area contributed by atoms with Gasteiger partial charge in [0.2, 0.25) is 0 Å². The van der Waals surface area contributed by atoms with Crippen LogP contribution in [0.5, 0.6) is 5.75 Å². The van der Waals surface area contributed by atoms with Crippen LogP contribution in [0.15, 0.2) is 36.7 Å². The van der Waals surface area contributed by atoms with Crippen LogP contribution in [0, 0.1) is 0 Å². The molecule has 0 bridgehead atoms. The number of benzene rings is 1. The number of pyridine rings is 1. The van der Waals surface area contributed by atoms with Crippen LogP contribution >= 0.6 is 0 Å². The number of methoxy groups -OCH3 is 1. The van der Waals surface area contributed by atoms with Gasteiger partial charge >= 0.3 is 6.03 Å². The molecule has 9 heteroatoms. The fourth-order valence-electron chi connectivity index (χ4n) is 3.82. The largest absolute Gasteiger partial charge is 0.497 e. The molecule has 3 amide bonds. The molecular formula is C22H25N5O4. The van der Waals surface area contributed by atoms with E-state index in [1.165, 1.54) is 7.11 Å². The third kappa shape index (κ3) is 3.79. The highest BCUT2D eigenvalue weighted by atomic mass is 16.5. The highest BCUT2D eigenvalue weighted by molar-refractivity contribution is 6.11. The van der Waals surface area contributed by atoms with E-state index in [4.69, 9.17) is 9.84 Å². The lowest BCUT2D eigenvalue weighted by atomic mass is 10.1. The predicted molar refractivity (Wildman–Crippen MR) is 118 cm³/mol. The van der Waals surface area contributed by atoms with E-state index in [2.05, 4.69) is 15.3 Å². The molecule has 0 spiro atoms. The molecule has 162 valence electrons. The molecule has 3 aromatic rings. The average molecular weight is 423 g/mol. The van der Waals surface area contributed by atoms with E-state index in [1.807, 2.05) is 19.2 Å². The second kappa shape index (κ2) is 8.65. The van der Waals surface area contributed by atoms with Crippen molar-refractivity contribution in [3.63, 3.8) is 0 Å². The van der Waals surface area contributed by atoms with Crippen molar-refractivity contribution in [2.75, 3.05) is 36.6 Å². The number of aliphatic hydroxyl groups excluding tert-OH is 1. The van der Waals surface area contributed by atoms with Crippen LogP contribution in [0.2, 0.25) is 0 Å². The monoisotopic (exact) mass is 423 g/mol. The summed E-state index contributed by atoms with van der Waals surface area (Å²) in [5, 5.41) is 12.6. The van der Waals surface area contributed by atoms with Gasteiger partial charge in [0.1, 0.15) is 11.4 Å². The van der Waals surface area contributed by atoms with Crippen LogP contribution in [0.4, 0.5) is 16.2 Å². The van der Waals surface area contributed by atoms with Gasteiger partial charge in [-0.1, -0.05) is 0 Å². The van der Waals surface area contributed by atoms with Crippen molar-refractivity contribution in [2.24, 2.45) is 0 Å². The van der Waals surface area contributed by atoms with E-state index in [1.54, 1.807) is 34.2 Å². The topological polar surface area (TPSA) is 111 Å². The lowest BCUT2D eigenvalue weighted by Crippen LogP contribution is -2.47. The number of nitrogens with one attached hydrogen (secondary N) is 2. The van der Waals surface area contributed by atoms with Gasteiger partial charge in [-0.05, 0) is 31.5 Å². The fraction of sp³-hybridized carbons (Fsp3) is 0.318. The molecule has 0 aliphatic carbocycles. The summed E-state index contributed by atoms with van der Waals surface area (Å²) in [6.45, 7) is 3.11. The predicted octanol–water partition coefficient (Wildman–Crippen LogP) is 2.65. The number of nitrogens with zero attached hydrogens (tertiary/aromatic N) is 3. The minimum absolute atomic E-state index is 0.000623. The molecule has 0 fully saturated rings. The Kier molecular flexibility index (Phi) is 5.77. The summed E-state index contributed by atoms with van der Waals surface area (Å²) in [5.41, 5.74) is 3.47. The molecule has 0 unspecified atom stereocenters. The lowest BCUT2D eigenvalue weighted by Gasteiger charge is -2.37. The van der Waals surface area contributed by atoms with Gasteiger partial charge in [0.05, 0.1) is 25.0 Å². The summed E-state index contributed by atoms with van der Waals surface area (Å²) in [6, 6.07) is 6.79. The van der Waals surface area contributed by atoms with Crippen LogP contribution in [0.3, 0.4) is 0 Å². The van der Waals surface area contributed by atoms with E-state index in [9.17, 15) is 9.59 Å². The standard InChI is InChI=1S/C22H25N5O4/c1-3-26-19-15(12-25-20-18(19)5-7-23-20)13-27(22(26)30)16-9-14(10-17(11-16)31-2)21(29)24-6-4-8-28/h5,7,9-12,28H,3-4,6,8,13H2,1-2H3,(H,23,25)(H,24,29). The van der Waals surface area contributed by atoms with Crippen molar-refractivity contribution < 1.29 is 19.4 Å². The van der Waals surface area contributed by atoms with Crippen molar-refractivity contribution in [3.8, 4) is 5.75 Å². The third-order valence-electron chi connectivity index (χ3n) is 5.33. The number of aromatic nitrogens is 2. The number of hydrogen-bond acceptors (Lipinski definition) is 5. The molecule has 1 aromatic carbocycles. The summed E-state index contributed by atoms with van der Waals surface area (Å²) in [7, 11) is 1.52. The highest BCUT2D eigenvalue weighted by Crippen LogP contribution is 2.37. The molecule has 0 atom stereocenters. The van der Waals surface area contributed by atoms with E-state index in [-0.39, 0.29) is 18.5 Å². The molecule has 4 rings (SSSR count). The molecule has 2 aromatic heterocycles. The number of H-pyrrole nitrogens is 1. The van der Waals surface area contributed by atoms with Gasteiger partial charge in [-0.15, -0.1) is 0 Å². The second-order valence-corrected chi connectivity index (χ2v) is 7.24. The first kappa shape index (κ1) is 20.7. The zero-order chi connectivity index (χ0) is 22.0. The Hall–Kier alpha value is -3.59. The van der Waals surface area contributed by atoms with Crippen LogP contribution in [-0.2, 0) is 6.54 Å². The molecule has 3 heterocycles. The minimum atomic E-state index is -0.290. The third-order valence-corrected chi connectivity index (χ3v) is 5.33. The first-order chi connectivity index (χ1) is 15.1. The first-order valence-electron chi connectivity index (χ1n) is 10.2. The average Bonchev–Trinajstić information content (AvgIpc) is 3.27. The summed E-state index contributed by atoms with van der Waals surface area (Å²) < 4.78 is 5.38. The van der Waals surface area contributed by atoms with Crippen molar-refractivity contribution in [3.05, 3.63) is 47.8 Å². The number of ether oxygens (including phenoxy) is 1. The molecule has 0 radical (unpaired) electrons. The number of aliphatic hydroxyl groups is 1. The lowest BCUT2D eigenvalue weighted by molar-refractivity contribution is 0.0950. The molecule has 1 aliphatic rings. The second-order valence-electron chi connectivity index (χ2n) is 7.24. The summed E-state index contributed by atoms with van der Waals surface area (Å²) in [6.07, 6.45) is 4.06. The van der Waals surface area contributed by atoms with Gasteiger partial charge in [0, 0.05) is 54.7 Å². The van der Waals surface area contributed by atoms with E-state index >= 15 is 0 Å². The number of hydrogen-bond donors (Lipinski definition) is 3. The van der Waals surface area contributed by atoms with Crippen molar-refractivity contribution >= 4 is 34.3 Å². The Morgan fingerprint density at radius 3 is 2.94 bits per heavy atom. The molecule has 0 saturated carbocycles. The number of urea groups is 1. The highest BCUT2D eigenvalue weighted by Gasteiger charge is 2.33. The van der Waals surface area contributed by atoms with Crippen molar-refractivity contribution in [1.29, 1.82) is 0 Å². The molecule has 9 nitrogen and oxygen atoms in total. The van der Waals surface area contributed by atoms with Crippen LogP contribution in [0.1, 0.15) is 29.3 Å². The normalized spacial score (nSPS) is 13.5.